The fourth-order valence-corrected chi connectivity index (χ4v) is 1.43. The van der Waals surface area contributed by atoms with Gasteiger partial charge in [-0.2, -0.15) is 0 Å². The van der Waals surface area contributed by atoms with E-state index in [1.165, 1.54) is 6.07 Å². The first kappa shape index (κ1) is 9.33. The predicted molar refractivity (Wildman–Crippen MR) is 52.1 cm³/mol. The molecule has 0 aliphatic heterocycles. The molecule has 72 valence electrons. The van der Waals surface area contributed by atoms with Crippen LogP contribution in [0.3, 0.4) is 0 Å². The lowest BCUT2D eigenvalue weighted by Crippen LogP contribution is -1.84. The molecule has 0 saturated carbocycles. The molecule has 0 bridgehead atoms. The zero-order valence-corrected chi connectivity index (χ0v) is 8.88. The van der Waals surface area contributed by atoms with Crippen LogP contribution >= 0.6 is 15.9 Å². The molecule has 3 nitrogen and oxygen atoms in total. The molecule has 0 aliphatic rings. The van der Waals surface area contributed by atoms with Gasteiger partial charge in [-0.1, -0.05) is 15.9 Å². The minimum atomic E-state index is -0.378. The summed E-state index contributed by atoms with van der Waals surface area (Å²) < 4.78 is 19.2. The van der Waals surface area contributed by atoms with E-state index in [0.717, 1.165) is 4.47 Å². The molecule has 1 heterocycles. The maximum Gasteiger partial charge on any atom is 0.250 e. The maximum absolute atomic E-state index is 13.3. The number of nitrogens with zero attached hydrogens (tertiary/aromatic N) is 2. The minimum Gasteiger partial charge on any atom is -0.421 e. The molecule has 0 atom stereocenters. The number of hydrogen-bond donors (Lipinski definition) is 0. The summed E-state index contributed by atoms with van der Waals surface area (Å²) in [5.74, 6) is 0.234. The van der Waals surface area contributed by atoms with Crippen molar-refractivity contribution >= 4 is 15.9 Å². The first-order valence-electron chi connectivity index (χ1n) is 3.92. The van der Waals surface area contributed by atoms with Gasteiger partial charge in [-0.25, -0.2) is 4.39 Å². The molecule has 0 unspecified atom stereocenters. The fraction of sp³-hybridized carbons (Fsp3) is 0.111. The molecular weight excluding hydrogens is 251 g/mol. The molecule has 0 aliphatic carbocycles. The Morgan fingerprint density at radius 2 is 2.14 bits per heavy atom. The Bertz CT molecular complexity index is 470. The van der Waals surface area contributed by atoms with Crippen molar-refractivity contribution in [2.75, 3.05) is 0 Å². The Hall–Kier alpha value is -1.23. The van der Waals surface area contributed by atoms with Gasteiger partial charge in [-0.3, -0.25) is 0 Å². The second-order valence-electron chi connectivity index (χ2n) is 2.75. The highest BCUT2D eigenvalue weighted by Crippen LogP contribution is 2.24. The van der Waals surface area contributed by atoms with E-state index >= 15 is 0 Å². The summed E-state index contributed by atoms with van der Waals surface area (Å²) in [6, 6.07) is 4.56. The lowest BCUT2D eigenvalue weighted by molar-refractivity contribution is 0.526. The number of aryl methyl sites for hydroxylation is 1. The molecule has 1 aromatic heterocycles. The van der Waals surface area contributed by atoms with Gasteiger partial charge in [0.15, 0.2) is 0 Å². The van der Waals surface area contributed by atoms with Gasteiger partial charge in [0.05, 0.1) is 5.56 Å². The summed E-state index contributed by atoms with van der Waals surface area (Å²) in [7, 11) is 0. The highest BCUT2D eigenvalue weighted by atomic mass is 79.9. The second kappa shape index (κ2) is 3.49. The van der Waals surface area contributed by atoms with Crippen LogP contribution in [0.25, 0.3) is 11.5 Å². The van der Waals surface area contributed by atoms with Crippen LogP contribution in [0.5, 0.6) is 0 Å². The highest BCUT2D eigenvalue weighted by molar-refractivity contribution is 9.10. The van der Waals surface area contributed by atoms with Crippen molar-refractivity contribution < 1.29 is 8.81 Å². The zero-order chi connectivity index (χ0) is 10.1. The quantitative estimate of drug-likeness (QED) is 0.788. The van der Waals surface area contributed by atoms with Crippen LogP contribution < -0.4 is 0 Å². The van der Waals surface area contributed by atoms with E-state index in [2.05, 4.69) is 26.1 Å². The largest absolute Gasteiger partial charge is 0.421 e. The SMILES string of the molecule is Cc1nnc(-c2cc(Br)ccc2F)o1. The van der Waals surface area contributed by atoms with E-state index in [1.54, 1.807) is 19.1 Å². The Labute approximate surface area is 88.1 Å². The summed E-state index contributed by atoms with van der Waals surface area (Å²) in [4.78, 5) is 0. The van der Waals surface area contributed by atoms with E-state index in [1.807, 2.05) is 0 Å². The smallest absolute Gasteiger partial charge is 0.250 e. The van der Waals surface area contributed by atoms with Gasteiger partial charge in [0.25, 0.3) is 5.89 Å². The summed E-state index contributed by atoms with van der Waals surface area (Å²) in [5, 5.41) is 7.38. The van der Waals surface area contributed by atoms with Crippen LogP contribution in [0.2, 0.25) is 0 Å². The van der Waals surface area contributed by atoms with E-state index < -0.39 is 0 Å². The van der Waals surface area contributed by atoms with Crippen molar-refractivity contribution in [1.82, 2.24) is 10.2 Å². The monoisotopic (exact) mass is 256 g/mol. The molecule has 0 fully saturated rings. The van der Waals surface area contributed by atoms with Crippen LogP contribution in [-0.2, 0) is 0 Å². The third-order valence-electron chi connectivity index (χ3n) is 1.68. The van der Waals surface area contributed by atoms with E-state index in [-0.39, 0.29) is 11.7 Å². The van der Waals surface area contributed by atoms with Crippen molar-refractivity contribution in [3.63, 3.8) is 0 Å². The summed E-state index contributed by atoms with van der Waals surface area (Å²) in [5.41, 5.74) is 0.306. The molecule has 14 heavy (non-hydrogen) atoms. The molecule has 0 N–H and O–H groups in total. The van der Waals surface area contributed by atoms with Crippen molar-refractivity contribution in [1.29, 1.82) is 0 Å². The van der Waals surface area contributed by atoms with Crippen molar-refractivity contribution in [2.24, 2.45) is 0 Å². The summed E-state index contributed by atoms with van der Waals surface area (Å²) >= 11 is 3.24. The molecule has 1 aromatic carbocycles. The van der Waals surface area contributed by atoms with Crippen LogP contribution in [0.15, 0.2) is 27.1 Å². The van der Waals surface area contributed by atoms with Crippen LogP contribution in [0.1, 0.15) is 5.89 Å². The Balaban J connectivity index is 2.55. The zero-order valence-electron chi connectivity index (χ0n) is 7.29. The van der Waals surface area contributed by atoms with Crippen molar-refractivity contribution in [2.45, 2.75) is 6.92 Å². The van der Waals surface area contributed by atoms with Crippen molar-refractivity contribution in [3.8, 4) is 11.5 Å². The molecule has 0 amide bonds. The van der Waals surface area contributed by atoms with Crippen LogP contribution in [0.4, 0.5) is 4.39 Å². The van der Waals surface area contributed by atoms with Gasteiger partial charge >= 0.3 is 0 Å². The lowest BCUT2D eigenvalue weighted by Gasteiger charge is -1.97. The average molecular weight is 257 g/mol. The van der Waals surface area contributed by atoms with Gasteiger partial charge in [0.2, 0.25) is 5.89 Å². The normalized spacial score (nSPS) is 10.5. The van der Waals surface area contributed by atoms with Gasteiger partial charge in [-0.05, 0) is 18.2 Å². The molecule has 5 heteroatoms. The number of hydrogen-bond acceptors (Lipinski definition) is 3. The van der Waals surface area contributed by atoms with Gasteiger partial charge in [0.1, 0.15) is 5.82 Å². The molecular formula is C9H6BrFN2O. The third kappa shape index (κ3) is 1.68. The second-order valence-corrected chi connectivity index (χ2v) is 3.67. The standard InChI is InChI=1S/C9H6BrFN2O/c1-5-12-13-9(14-5)7-4-6(10)2-3-8(7)11/h2-4H,1H3. The molecule has 2 aromatic rings. The van der Waals surface area contributed by atoms with Crippen LogP contribution in [-0.4, -0.2) is 10.2 Å². The molecule has 2 rings (SSSR count). The fourth-order valence-electron chi connectivity index (χ4n) is 1.07. The minimum absolute atomic E-state index is 0.196. The number of halogens is 2. The molecule has 0 radical (unpaired) electrons. The van der Waals surface area contributed by atoms with E-state index in [9.17, 15) is 4.39 Å². The predicted octanol–water partition coefficient (Wildman–Crippen LogP) is 2.95. The van der Waals surface area contributed by atoms with Gasteiger partial charge in [-0.15, -0.1) is 10.2 Å². The number of benzene rings is 1. The highest BCUT2D eigenvalue weighted by Gasteiger charge is 2.11. The van der Waals surface area contributed by atoms with Gasteiger partial charge < -0.3 is 4.42 Å². The van der Waals surface area contributed by atoms with Crippen LogP contribution in [0, 0.1) is 12.7 Å². The van der Waals surface area contributed by atoms with E-state index in [0.29, 0.717) is 11.5 Å². The Kier molecular flexibility index (Phi) is 2.33. The molecule has 0 spiro atoms. The summed E-state index contributed by atoms with van der Waals surface area (Å²) in [6.45, 7) is 1.66. The van der Waals surface area contributed by atoms with Gasteiger partial charge in [0, 0.05) is 11.4 Å². The first-order valence-corrected chi connectivity index (χ1v) is 4.71. The Morgan fingerprint density at radius 1 is 1.36 bits per heavy atom. The third-order valence-corrected chi connectivity index (χ3v) is 2.18. The summed E-state index contributed by atoms with van der Waals surface area (Å²) in [6.07, 6.45) is 0. The lowest BCUT2D eigenvalue weighted by atomic mass is 10.2. The Morgan fingerprint density at radius 3 is 2.79 bits per heavy atom. The topological polar surface area (TPSA) is 38.9 Å². The number of rotatable bonds is 1. The molecule has 0 saturated heterocycles. The first-order chi connectivity index (χ1) is 6.66. The number of aromatic nitrogens is 2. The van der Waals surface area contributed by atoms with Crippen molar-refractivity contribution in [3.05, 3.63) is 34.4 Å². The maximum atomic E-state index is 13.3. The average Bonchev–Trinajstić information content (AvgIpc) is 2.56. The van der Waals surface area contributed by atoms with E-state index in [4.69, 9.17) is 4.42 Å².